The number of amides is 2. The molecule has 2 fully saturated rings. The Balaban J connectivity index is 1.27. The number of nitrogens with one attached hydrogen (secondary N) is 1. The van der Waals surface area contributed by atoms with E-state index in [1.54, 1.807) is 4.90 Å². The third-order valence-electron chi connectivity index (χ3n) is 6.57. The lowest BCUT2D eigenvalue weighted by atomic mass is 10.0. The molecule has 1 saturated carbocycles. The summed E-state index contributed by atoms with van der Waals surface area (Å²) in [6, 6.07) is 16.0. The number of anilines is 3. The van der Waals surface area contributed by atoms with Crippen LogP contribution in [0.3, 0.4) is 0 Å². The Morgan fingerprint density at radius 3 is 2.31 bits per heavy atom. The molecule has 5 heteroatoms. The van der Waals surface area contributed by atoms with Crippen LogP contribution in [0.4, 0.5) is 17.1 Å². The predicted molar refractivity (Wildman–Crippen MR) is 115 cm³/mol. The van der Waals surface area contributed by atoms with Crippen LogP contribution in [-0.4, -0.2) is 31.4 Å². The summed E-state index contributed by atoms with van der Waals surface area (Å²) in [4.78, 5) is 30.5. The van der Waals surface area contributed by atoms with Crippen molar-refractivity contribution in [1.29, 1.82) is 0 Å². The maximum Gasteiger partial charge on any atom is 0.242 e. The molecule has 2 aliphatic heterocycles. The third kappa shape index (κ3) is 3.28. The van der Waals surface area contributed by atoms with Crippen LogP contribution in [0.5, 0.6) is 0 Å². The molecule has 0 unspecified atom stereocenters. The molecule has 1 aliphatic carbocycles. The number of piperidine rings is 1. The zero-order valence-electron chi connectivity index (χ0n) is 16.7. The number of nitrogens with zero attached hydrogens (tertiary/aromatic N) is 2. The van der Waals surface area contributed by atoms with Gasteiger partial charge in [-0.3, -0.25) is 9.59 Å². The highest BCUT2D eigenvalue weighted by Crippen LogP contribution is 2.49. The van der Waals surface area contributed by atoms with Gasteiger partial charge >= 0.3 is 0 Å². The van der Waals surface area contributed by atoms with Gasteiger partial charge in [0.1, 0.15) is 5.41 Å². The first-order valence-electron chi connectivity index (χ1n) is 10.7. The molecule has 2 aromatic carbocycles. The number of para-hydroxylation sites is 1. The fourth-order valence-electron chi connectivity index (χ4n) is 4.63. The number of rotatable bonds is 4. The van der Waals surface area contributed by atoms with Crippen molar-refractivity contribution in [3.05, 3.63) is 54.1 Å². The van der Waals surface area contributed by atoms with Crippen molar-refractivity contribution in [3.8, 4) is 0 Å². The topological polar surface area (TPSA) is 52.7 Å². The third-order valence-corrected chi connectivity index (χ3v) is 6.57. The van der Waals surface area contributed by atoms with Crippen LogP contribution in [-0.2, 0) is 16.0 Å². The summed E-state index contributed by atoms with van der Waals surface area (Å²) in [5.74, 6) is -0.220. The van der Waals surface area contributed by atoms with Crippen molar-refractivity contribution >= 4 is 28.9 Å². The summed E-state index contributed by atoms with van der Waals surface area (Å²) in [6.45, 7) is 2.86. The predicted octanol–water partition coefficient (Wildman–Crippen LogP) is 3.98. The molecular formula is C24H27N3O2. The quantitative estimate of drug-likeness (QED) is 0.805. The second-order valence-electron chi connectivity index (χ2n) is 8.47. The molecule has 2 aromatic rings. The van der Waals surface area contributed by atoms with Crippen LogP contribution in [0.1, 0.15) is 37.7 Å². The van der Waals surface area contributed by atoms with E-state index in [1.165, 1.54) is 30.5 Å². The first-order chi connectivity index (χ1) is 14.2. The van der Waals surface area contributed by atoms with E-state index in [2.05, 4.69) is 28.4 Å². The van der Waals surface area contributed by atoms with E-state index in [0.717, 1.165) is 30.9 Å². The number of carbonyl (C=O) groups is 2. The SMILES string of the molecule is O=C(Nc1ccc(N2CCCCC2)cc1)C1(C(=O)N2CCc3ccccc32)CC1. The van der Waals surface area contributed by atoms with Gasteiger partial charge in [0.15, 0.2) is 0 Å². The van der Waals surface area contributed by atoms with Gasteiger partial charge in [0.2, 0.25) is 11.8 Å². The molecule has 5 rings (SSSR count). The molecule has 0 bridgehead atoms. The minimum Gasteiger partial charge on any atom is -0.372 e. The lowest BCUT2D eigenvalue weighted by Crippen LogP contribution is -2.42. The van der Waals surface area contributed by atoms with Crippen molar-refractivity contribution in [2.45, 2.75) is 38.5 Å². The molecule has 0 atom stereocenters. The standard InChI is InChI=1S/C24H27N3O2/c28-22(25-19-8-10-20(11-9-19)26-15-4-1-5-16-26)24(13-14-24)23(29)27-17-12-18-6-2-3-7-21(18)27/h2-3,6-11H,1,4-5,12-17H2,(H,25,28). The largest absolute Gasteiger partial charge is 0.372 e. The van der Waals surface area contributed by atoms with E-state index in [0.29, 0.717) is 19.4 Å². The summed E-state index contributed by atoms with van der Waals surface area (Å²) in [6.07, 6.45) is 5.90. The zero-order chi connectivity index (χ0) is 19.8. The van der Waals surface area contributed by atoms with Gasteiger partial charge in [0.05, 0.1) is 0 Å². The fourth-order valence-corrected chi connectivity index (χ4v) is 4.63. The second kappa shape index (κ2) is 7.21. The monoisotopic (exact) mass is 389 g/mol. The molecule has 2 amide bonds. The van der Waals surface area contributed by atoms with Crippen LogP contribution in [0, 0.1) is 5.41 Å². The Hall–Kier alpha value is -2.82. The van der Waals surface area contributed by atoms with E-state index < -0.39 is 5.41 Å². The normalized spacial score (nSPS) is 19.6. The van der Waals surface area contributed by atoms with Gasteiger partial charge in [0, 0.05) is 36.7 Å². The van der Waals surface area contributed by atoms with Crippen LogP contribution in [0.2, 0.25) is 0 Å². The summed E-state index contributed by atoms with van der Waals surface area (Å²) >= 11 is 0. The number of hydrogen-bond donors (Lipinski definition) is 1. The molecule has 2 heterocycles. The van der Waals surface area contributed by atoms with Crippen molar-refractivity contribution in [2.75, 3.05) is 34.8 Å². The molecule has 0 radical (unpaired) electrons. The second-order valence-corrected chi connectivity index (χ2v) is 8.47. The van der Waals surface area contributed by atoms with Crippen LogP contribution in [0.15, 0.2) is 48.5 Å². The Morgan fingerprint density at radius 2 is 1.59 bits per heavy atom. The maximum absolute atomic E-state index is 13.2. The lowest BCUT2D eigenvalue weighted by Gasteiger charge is -2.29. The number of carbonyl (C=O) groups excluding carboxylic acids is 2. The fraction of sp³-hybridized carbons (Fsp3) is 0.417. The molecular weight excluding hydrogens is 362 g/mol. The van der Waals surface area contributed by atoms with Crippen molar-refractivity contribution in [2.24, 2.45) is 5.41 Å². The van der Waals surface area contributed by atoms with E-state index in [9.17, 15) is 9.59 Å². The van der Waals surface area contributed by atoms with Crippen LogP contribution in [0.25, 0.3) is 0 Å². The van der Waals surface area contributed by atoms with Crippen molar-refractivity contribution < 1.29 is 9.59 Å². The number of fused-ring (bicyclic) bond motifs is 1. The van der Waals surface area contributed by atoms with Gasteiger partial charge in [0.25, 0.3) is 0 Å². The first kappa shape index (κ1) is 18.2. The lowest BCUT2D eigenvalue weighted by molar-refractivity contribution is -0.132. The van der Waals surface area contributed by atoms with Gasteiger partial charge in [-0.05, 0) is 74.4 Å². The Bertz CT molecular complexity index is 927. The molecule has 29 heavy (non-hydrogen) atoms. The molecule has 1 saturated heterocycles. The summed E-state index contributed by atoms with van der Waals surface area (Å²) in [7, 11) is 0. The molecule has 150 valence electrons. The zero-order valence-corrected chi connectivity index (χ0v) is 16.7. The van der Waals surface area contributed by atoms with Gasteiger partial charge in [-0.15, -0.1) is 0 Å². The Labute approximate surface area is 171 Å². The first-order valence-corrected chi connectivity index (χ1v) is 10.7. The van der Waals surface area contributed by atoms with Gasteiger partial charge in [-0.2, -0.15) is 0 Å². The van der Waals surface area contributed by atoms with E-state index in [1.807, 2.05) is 30.3 Å². The molecule has 0 aromatic heterocycles. The summed E-state index contributed by atoms with van der Waals surface area (Å²) in [5, 5.41) is 3.00. The molecule has 5 nitrogen and oxygen atoms in total. The average Bonchev–Trinajstić information content (AvgIpc) is 3.48. The Kier molecular flexibility index (Phi) is 4.53. The van der Waals surface area contributed by atoms with Gasteiger partial charge in [-0.1, -0.05) is 18.2 Å². The molecule has 1 N–H and O–H groups in total. The maximum atomic E-state index is 13.2. The van der Waals surface area contributed by atoms with Gasteiger partial charge < -0.3 is 15.1 Å². The number of benzene rings is 2. The van der Waals surface area contributed by atoms with Crippen LogP contribution >= 0.6 is 0 Å². The molecule has 0 spiro atoms. The Morgan fingerprint density at radius 1 is 0.862 bits per heavy atom. The summed E-state index contributed by atoms with van der Waals surface area (Å²) < 4.78 is 0. The summed E-state index contributed by atoms with van der Waals surface area (Å²) in [5.41, 5.74) is 3.21. The average molecular weight is 389 g/mol. The van der Waals surface area contributed by atoms with Crippen LogP contribution < -0.4 is 15.1 Å². The van der Waals surface area contributed by atoms with E-state index >= 15 is 0 Å². The highest BCUT2D eigenvalue weighted by atomic mass is 16.2. The number of hydrogen-bond acceptors (Lipinski definition) is 3. The molecule has 3 aliphatic rings. The van der Waals surface area contributed by atoms with E-state index in [-0.39, 0.29) is 11.8 Å². The van der Waals surface area contributed by atoms with Gasteiger partial charge in [-0.25, -0.2) is 0 Å². The van der Waals surface area contributed by atoms with E-state index in [4.69, 9.17) is 0 Å². The van der Waals surface area contributed by atoms with Crippen molar-refractivity contribution in [3.63, 3.8) is 0 Å². The highest BCUT2D eigenvalue weighted by molar-refractivity contribution is 6.18. The minimum absolute atomic E-state index is 0.0510. The highest BCUT2D eigenvalue weighted by Gasteiger charge is 2.58. The minimum atomic E-state index is -0.900. The smallest absolute Gasteiger partial charge is 0.242 e. The van der Waals surface area contributed by atoms with Crippen molar-refractivity contribution in [1.82, 2.24) is 0 Å².